The van der Waals surface area contributed by atoms with Gasteiger partial charge in [0.25, 0.3) is 0 Å². The largest absolute Gasteiger partial charge is 0.321 e. The van der Waals surface area contributed by atoms with Crippen molar-refractivity contribution in [1.29, 1.82) is 0 Å². The minimum absolute atomic E-state index is 0.0936. The molecule has 0 aliphatic carbocycles. The van der Waals surface area contributed by atoms with Gasteiger partial charge < -0.3 is 10.3 Å². The number of hydrogen-bond donors (Lipinski definition) is 1. The molecule has 1 aromatic heterocycles. The first kappa shape index (κ1) is 12.5. The van der Waals surface area contributed by atoms with Crippen LogP contribution in [0.4, 0.5) is 0 Å². The first-order valence-electron chi connectivity index (χ1n) is 5.82. The Labute approximate surface area is 101 Å². The topological polar surface area (TPSA) is 90.9 Å². The van der Waals surface area contributed by atoms with Crippen LogP contribution < -0.4 is 5.73 Å². The maximum atomic E-state index is 11.1. The molecular formula is C10H18N4O2S. The number of sulfone groups is 1. The van der Waals surface area contributed by atoms with Crippen LogP contribution in [0, 0.1) is 0 Å². The Hall–Kier alpha value is -0.950. The second-order valence-corrected chi connectivity index (χ2v) is 6.87. The lowest BCUT2D eigenvalue weighted by Gasteiger charge is -2.17. The molecule has 0 spiro atoms. The number of hydrogen-bond acceptors (Lipinski definition) is 5. The minimum atomic E-state index is -2.97. The summed E-state index contributed by atoms with van der Waals surface area (Å²) in [6, 6.07) is -0.343. The highest BCUT2D eigenvalue weighted by Gasteiger charge is 2.21. The van der Waals surface area contributed by atoms with Crippen molar-refractivity contribution >= 4 is 9.84 Å². The van der Waals surface area contributed by atoms with Crippen LogP contribution in [-0.2, 0) is 22.8 Å². The Morgan fingerprint density at radius 2 is 2.18 bits per heavy atom. The summed E-state index contributed by atoms with van der Waals surface area (Å²) < 4.78 is 24.2. The number of aromatic nitrogens is 3. The summed E-state index contributed by atoms with van der Waals surface area (Å²) in [4.78, 5) is 0. The van der Waals surface area contributed by atoms with E-state index in [9.17, 15) is 8.42 Å². The molecule has 0 saturated carbocycles. The van der Waals surface area contributed by atoms with E-state index < -0.39 is 9.84 Å². The van der Waals surface area contributed by atoms with Gasteiger partial charge in [0, 0.05) is 19.2 Å². The highest BCUT2D eigenvalue weighted by Crippen LogP contribution is 2.19. The van der Waals surface area contributed by atoms with Crippen LogP contribution in [0.1, 0.15) is 37.0 Å². The first-order chi connectivity index (χ1) is 7.97. The Kier molecular flexibility index (Phi) is 3.48. The average Bonchev–Trinajstić information content (AvgIpc) is 2.68. The molecule has 6 nitrogen and oxygen atoms in total. The number of nitrogens with zero attached hydrogens (tertiary/aromatic N) is 3. The van der Waals surface area contributed by atoms with Crippen LogP contribution in [-0.4, -0.2) is 35.2 Å². The lowest BCUT2D eigenvalue weighted by Crippen LogP contribution is -2.22. The number of nitrogens with two attached hydrogens (primary N) is 1. The smallest absolute Gasteiger partial charge is 0.150 e. The summed E-state index contributed by atoms with van der Waals surface area (Å²) in [6.45, 7) is 0.893. The predicted molar refractivity (Wildman–Crippen MR) is 64.2 cm³/mol. The molecule has 1 aliphatic heterocycles. The summed E-state index contributed by atoms with van der Waals surface area (Å²) >= 11 is 0. The Morgan fingerprint density at radius 3 is 2.88 bits per heavy atom. The van der Waals surface area contributed by atoms with Crippen molar-refractivity contribution in [2.24, 2.45) is 5.73 Å². The summed E-state index contributed by atoms with van der Waals surface area (Å²) in [6.07, 6.45) is 4.80. The van der Waals surface area contributed by atoms with Crippen LogP contribution in [0.5, 0.6) is 0 Å². The first-order valence-corrected chi connectivity index (χ1v) is 7.89. The van der Waals surface area contributed by atoms with Gasteiger partial charge in [-0.1, -0.05) is 0 Å². The number of aryl methyl sites for hydroxylation is 1. The predicted octanol–water partition coefficient (Wildman–Crippen LogP) is 0.0489. The van der Waals surface area contributed by atoms with Crippen molar-refractivity contribution in [3.63, 3.8) is 0 Å². The van der Waals surface area contributed by atoms with E-state index in [1.165, 1.54) is 6.26 Å². The van der Waals surface area contributed by atoms with Crippen LogP contribution in [0.15, 0.2) is 0 Å². The van der Waals surface area contributed by atoms with Crippen molar-refractivity contribution in [3.05, 3.63) is 11.6 Å². The zero-order valence-electron chi connectivity index (χ0n) is 9.96. The van der Waals surface area contributed by atoms with Gasteiger partial charge in [0.15, 0.2) is 0 Å². The molecule has 1 unspecified atom stereocenters. The van der Waals surface area contributed by atoms with Crippen molar-refractivity contribution in [1.82, 2.24) is 14.8 Å². The number of fused-ring (bicyclic) bond motifs is 1. The molecule has 1 aromatic rings. The van der Waals surface area contributed by atoms with Crippen LogP contribution in [0.3, 0.4) is 0 Å². The lowest BCUT2D eigenvalue weighted by atomic mass is 10.1. The van der Waals surface area contributed by atoms with E-state index in [1.807, 2.05) is 4.57 Å². The van der Waals surface area contributed by atoms with Gasteiger partial charge in [-0.25, -0.2) is 8.42 Å². The van der Waals surface area contributed by atoms with Crippen molar-refractivity contribution in [2.75, 3.05) is 12.0 Å². The SMILES string of the molecule is CS(=O)(=O)CCC(N)c1nnc2n1CCCC2. The third-order valence-electron chi connectivity index (χ3n) is 3.02. The fourth-order valence-corrected chi connectivity index (χ4v) is 2.76. The Morgan fingerprint density at radius 1 is 1.41 bits per heavy atom. The third kappa shape index (κ3) is 3.04. The standard InChI is InChI=1S/C10H18N4O2S/c1-17(15,16)7-5-8(11)10-13-12-9-4-2-3-6-14(9)10/h8H,2-7,11H2,1H3. The van der Waals surface area contributed by atoms with Crippen molar-refractivity contribution in [3.8, 4) is 0 Å². The van der Waals surface area contributed by atoms with E-state index in [4.69, 9.17) is 5.73 Å². The molecule has 0 bridgehead atoms. The molecule has 2 rings (SSSR count). The fourth-order valence-electron chi connectivity index (χ4n) is 2.08. The van der Waals surface area contributed by atoms with Gasteiger partial charge in [-0.2, -0.15) is 0 Å². The van der Waals surface area contributed by atoms with Crippen molar-refractivity contribution in [2.45, 2.75) is 38.3 Å². The Bertz CT molecular complexity index is 494. The molecule has 2 heterocycles. The molecular weight excluding hydrogens is 240 g/mol. The van der Waals surface area contributed by atoms with Gasteiger partial charge in [0.1, 0.15) is 21.5 Å². The summed E-state index contributed by atoms with van der Waals surface area (Å²) in [5, 5.41) is 8.20. The number of rotatable bonds is 4. The molecule has 1 atom stereocenters. The van der Waals surface area contributed by atoms with E-state index in [1.54, 1.807) is 0 Å². The molecule has 17 heavy (non-hydrogen) atoms. The summed E-state index contributed by atoms with van der Waals surface area (Å²) in [5.74, 6) is 1.79. The molecule has 1 aliphatic rings. The lowest BCUT2D eigenvalue weighted by molar-refractivity contribution is 0.486. The van der Waals surface area contributed by atoms with Gasteiger partial charge in [-0.15, -0.1) is 10.2 Å². The quantitative estimate of drug-likeness (QED) is 0.824. The van der Waals surface area contributed by atoms with Crippen LogP contribution >= 0.6 is 0 Å². The second kappa shape index (κ2) is 4.73. The molecule has 7 heteroatoms. The molecule has 0 amide bonds. The third-order valence-corrected chi connectivity index (χ3v) is 4.00. The Balaban J connectivity index is 2.09. The van der Waals surface area contributed by atoms with E-state index in [2.05, 4.69) is 10.2 Å². The molecule has 0 radical (unpaired) electrons. The van der Waals surface area contributed by atoms with Crippen LogP contribution in [0.25, 0.3) is 0 Å². The fraction of sp³-hybridized carbons (Fsp3) is 0.800. The second-order valence-electron chi connectivity index (χ2n) is 4.61. The maximum absolute atomic E-state index is 11.1. The molecule has 0 fully saturated rings. The minimum Gasteiger partial charge on any atom is -0.321 e. The molecule has 96 valence electrons. The van der Waals surface area contributed by atoms with Crippen LogP contribution in [0.2, 0.25) is 0 Å². The monoisotopic (exact) mass is 258 g/mol. The zero-order valence-corrected chi connectivity index (χ0v) is 10.8. The molecule has 0 aromatic carbocycles. The van der Waals surface area contributed by atoms with Crippen molar-refractivity contribution < 1.29 is 8.42 Å². The zero-order chi connectivity index (χ0) is 12.5. The summed E-state index contributed by atoms with van der Waals surface area (Å²) in [7, 11) is -2.97. The molecule has 2 N–H and O–H groups in total. The maximum Gasteiger partial charge on any atom is 0.150 e. The van der Waals surface area contributed by atoms with Gasteiger partial charge in [0.05, 0.1) is 11.8 Å². The normalized spacial score (nSPS) is 17.8. The van der Waals surface area contributed by atoms with E-state index in [0.717, 1.165) is 37.5 Å². The van der Waals surface area contributed by atoms with Gasteiger partial charge in [0.2, 0.25) is 0 Å². The highest BCUT2D eigenvalue weighted by atomic mass is 32.2. The van der Waals surface area contributed by atoms with E-state index in [-0.39, 0.29) is 11.8 Å². The van der Waals surface area contributed by atoms with Gasteiger partial charge in [-0.3, -0.25) is 0 Å². The van der Waals surface area contributed by atoms with Gasteiger partial charge >= 0.3 is 0 Å². The summed E-state index contributed by atoms with van der Waals surface area (Å²) in [5.41, 5.74) is 5.98. The molecule has 0 saturated heterocycles. The van der Waals surface area contributed by atoms with E-state index in [0.29, 0.717) is 6.42 Å². The van der Waals surface area contributed by atoms with Gasteiger partial charge in [-0.05, 0) is 19.3 Å². The average molecular weight is 258 g/mol. The highest BCUT2D eigenvalue weighted by molar-refractivity contribution is 7.90. The van der Waals surface area contributed by atoms with E-state index >= 15 is 0 Å².